The first-order valence-corrected chi connectivity index (χ1v) is 48.6. The van der Waals surface area contributed by atoms with Crippen LogP contribution >= 0.6 is 69.6 Å². The zero-order chi connectivity index (χ0) is 87.7. The van der Waals surface area contributed by atoms with E-state index >= 15 is 0 Å². The standard InChI is InChI=1S/C87H118Cl6N10O16S3/c1-5-6-7-8-9-10-11-12-22-86(107)100-87(26-23-83(104)94-29-35-114-41-44-117-38-32-97-120(108,109)68-19-13-16-62(47-68)74-56-101(2)59-77-71(74)50-65(88)53-80(77)91,27-24-84(105)95-30-36-115-42-45-118-39-33-98-121(110,111)69-20-14-17-63(48-69)75-57-102(3)60-78-72(75)51-66(89)54-81(78)92)28-25-85(106)96-31-37-116-43-46-119-40-34-99-122(112,113)70-21-15-18-64(49-70)76-58-103(4)61-79-73(76)52-67(90)55-82(79)93/h13-21,47-55,74-76,97-99H,5-12,22-46,56-61H2,1-4H3,(H,94,104)(H,95,105)(H,96,106)(H,100,107)/t74-,75-,76-/m0/s1. The van der Waals surface area contributed by atoms with Gasteiger partial charge in [0.2, 0.25) is 53.7 Å². The Morgan fingerprint density at radius 3 is 0.959 bits per heavy atom. The Labute approximate surface area is 750 Å². The van der Waals surface area contributed by atoms with Crippen LogP contribution < -0.4 is 35.4 Å². The number of sulfonamides is 3. The topological polar surface area (TPSA) is 320 Å². The van der Waals surface area contributed by atoms with Crippen molar-refractivity contribution in [1.29, 1.82) is 0 Å². The molecule has 9 rings (SSSR count). The predicted molar refractivity (Wildman–Crippen MR) is 479 cm³/mol. The zero-order valence-corrected chi connectivity index (χ0v) is 77.1. The lowest BCUT2D eigenvalue weighted by Crippen LogP contribution is -2.50. The Morgan fingerprint density at radius 1 is 0.369 bits per heavy atom. The van der Waals surface area contributed by atoms with Crippen LogP contribution in [0.2, 0.25) is 30.1 Å². The lowest BCUT2D eigenvalue weighted by atomic mass is 9.82. The van der Waals surface area contributed by atoms with Crippen LogP contribution in [-0.4, -0.2) is 228 Å². The van der Waals surface area contributed by atoms with E-state index in [1.807, 2.05) is 57.5 Å². The molecule has 0 aromatic heterocycles. The molecule has 6 aromatic carbocycles. The fraction of sp³-hybridized carbons (Fsp3) is 0.540. The molecule has 4 amide bonds. The van der Waals surface area contributed by atoms with Crippen LogP contribution in [0.4, 0.5) is 0 Å². The van der Waals surface area contributed by atoms with Crippen LogP contribution in [0.1, 0.15) is 171 Å². The first kappa shape index (κ1) is 100. The highest BCUT2D eigenvalue weighted by molar-refractivity contribution is 7.90. The van der Waals surface area contributed by atoms with Gasteiger partial charge in [0.25, 0.3) is 0 Å². The highest BCUT2D eigenvalue weighted by atomic mass is 35.5. The summed E-state index contributed by atoms with van der Waals surface area (Å²) in [5.74, 6) is -1.77. The number of amides is 4. The Balaban J connectivity index is 0.724. The fourth-order valence-corrected chi connectivity index (χ4v) is 20.4. The number of carbonyl (C=O) groups is 4. The van der Waals surface area contributed by atoms with Gasteiger partial charge in [0, 0.05) is 158 Å². The molecule has 0 aliphatic carbocycles. The van der Waals surface area contributed by atoms with E-state index in [4.69, 9.17) is 98.0 Å². The summed E-state index contributed by atoms with van der Waals surface area (Å²) >= 11 is 39.0. The molecule has 0 fully saturated rings. The summed E-state index contributed by atoms with van der Waals surface area (Å²) in [5.41, 5.74) is 7.01. The maximum absolute atomic E-state index is 14.1. The monoisotopic (exact) mass is 1860 g/mol. The van der Waals surface area contributed by atoms with E-state index in [-0.39, 0.29) is 220 Å². The van der Waals surface area contributed by atoms with Gasteiger partial charge in [0.05, 0.1) is 94.0 Å². The van der Waals surface area contributed by atoms with Gasteiger partial charge < -0.3 is 64.4 Å². The Bertz CT molecular complexity index is 4340. The number of likely N-dealkylation sites (N-methyl/N-ethyl adjacent to an activating group) is 3. The highest BCUT2D eigenvalue weighted by Crippen LogP contribution is 2.43. The zero-order valence-electron chi connectivity index (χ0n) is 70.1. The summed E-state index contributed by atoms with van der Waals surface area (Å²) < 4.78 is 123. The number of carbonyl (C=O) groups excluding carboxylic acids is 4. The molecule has 0 spiro atoms. The summed E-state index contributed by atoms with van der Waals surface area (Å²) in [7, 11) is -5.75. The molecule has 6 aromatic rings. The van der Waals surface area contributed by atoms with Crippen LogP contribution in [0.5, 0.6) is 0 Å². The first-order chi connectivity index (χ1) is 58.5. The van der Waals surface area contributed by atoms with Crippen LogP contribution in [0.25, 0.3) is 0 Å². The number of hydrogen-bond acceptors (Lipinski definition) is 19. The largest absolute Gasteiger partial charge is 0.378 e. The van der Waals surface area contributed by atoms with Crippen LogP contribution in [0, 0.1) is 0 Å². The average Bonchev–Trinajstić information content (AvgIpc) is 0.780. The van der Waals surface area contributed by atoms with Gasteiger partial charge in [-0.3, -0.25) is 19.2 Å². The van der Waals surface area contributed by atoms with Crippen molar-refractivity contribution < 1.29 is 72.9 Å². The van der Waals surface area contributed by atoms with E-state index in [0.717, 1.165) is 88.6 Å². The maximum atomic E-state index is 14.1. The summed E-state index contributed by atoms with van der Waals surface area (Å²) in [6.07, 6.45) is 8.34. The Kier molecular flexibility index (Phi) is 41.6. The molecule has 122 heavy (non-hydrogen) atoms. The summed E-state index contributed by atoms with van der Waals surface area (Å²) in [4.78, 5) is 62.0. The number of benzene rings is 6. The number of hydrogen-bond donors (Lipinski definition) is 7. The van der Waals surface area contributed by atoms with Crippen molar-refractivity contribution in [3.05, 3.63) is 189 Å². The molecule has 7 N–H and O–H groups in total. The van der Waals surface area contributed by atoms with Crippen molar-refractivity contribution in [3.8, 4) is 0 Å². The van der Waals surface area contributed by atoms with Crippen molar-refractivity contribution >= 4 is 123 Å². The van der Waals surface area contributed by atoms with E-state index < -0.39 is 35.6 Å². The smallest absolute Gasteiger partial charge is 0.240 e. The second-order valence-electron chi connectivity index (χ2n) is 31.3. The third kappa shape index (κ3) is 32.3. The van der Waals surface area contributed by atoms with Gasteiger partial charge in [0.15, 0.2) is 0 Å². The first-order valence-electron chi connectivity index (χ1n) is 41.9. The van der Waals surface area contributed by atoms with E-state index in [2.05, 4.69) is 57.1 Å². The van der Waals surface area contributed by atoms with Crippen molar-refractivity contribution in [2.45, 2.75) is 161 Å². The summed E-state index contributed by atoms with van der Waals surface area (Å²) in [5, 5.41) is 15.1. The molecule has 0 bridgehead atoms. The van der Waals surface area contributed by atoms with Crippen LogP contribution in [0.3, 0.4) is 0 Å². The third-order valence-corrected chi connectivity index (χ3v) is 27.8. The van der Waals surface area contributed by atoms with Crippen molar-refractivity contribution in [2.75, 3.05) is 159 Å². The number of ether oxygens (including phenoxy) is 6. The quantitative estimate of drug-likeness (QED) is 0.0174. The maximum Gasteiger partial charge on any atom is 0.240 e. The molecule has 3 aliphatic heterocycles. The number of nitrogens with zero attached hydrogens (tertiary/aromatic N) is 3. The van der Waals surface area contributed by atoms with Crippen molar-refractivity contribution in [3.63, 3.8) is 0 Å². The molecule has 3 aliphatic rings. The molecule has 35 heteroatoms. The van der Waals surface area contributed by atoms with Gasteiger partial charge in [-0.1, -0.05) is 158 Å². The molecule has 0 radical (unpaired) electrons. The van der Waals surface area contributed by atoms with Crippen LogP contribution in [-0.2, 0) is 97.3 Å². The van der Waals surface area contributed by atoms with Gasteiger partial charge in [-0.25, -0.2) is 39.4 Å². The van der Waals surface area contributed by atoms with Gasteiger partial charge >= 0.3 is 0 Å². The number of nitrogens with one attached hydrogen (secondary N) is 7. The minimum atomic E-state index is -3.90. The average molecular weight is 1870 g/mol. The summed E-state index contributed by atoms with van der Waals surface area (Å²) in [6.45, 7) is 7.93. The normalized spacial score (nSPS) is 16.0. The van der Waals surface area contributed by atoms with Crippen LogP contribution in [0.15, 0.2) is 124 Å². The second-order valence-corrected chi connectivity index (χ2v) is 39.1. The Morgan fingerprint density at radius 2 is 0.656 bits per heavy atom. The Hall–Kier alpha value is -5.69. The van der Waals surface area contributed by atoms with Gasteiger partial charge in [-0.15, -0.1) is 0 Å². The lowest BCUT2D eigenvalue weighted by molar-refractivity contribution is -0.127. The summed E-state index contributed by atoms with van der Waals surface area (Å²) in [6, 6.07) is 31.3. The number of halogens is 6. The SMILES string of the molecule is CCCCCCCCCCC(=O)NC(CCC(=O)NCCOCCOCCNS(=O)(=O)c1cccc([C@@H]2CN(C)Cc3c(Cl)cc(Cl)cc32)c1)(CCC(=O)NCCOCCOCCNS(=O)(=O)c1cccc([C@@H]2CN(C)Cc3c(Cl)cc(Cl)cc32)c1)CCC(=O)NCCOCCOCCNS(=O)(=O)c1cccc([C@@H]2CN(C)Cc3c(Cl)cc(Cl)cc32)c1. The van der Waals surface area contributed by atoms with Crippen molar-refractivity contribution in [1.82, 2.24) is 50.1 Å². The number of rotatable bonds is 55. The minimum absolute atomic E-state index is 0.00356. The molecule has 3 atom stereocenters. The molecule has 0 saturated carbocycles. The second kappa shape index (κ2) is 50.7. The van der Waals surface area contributed by atoms with Gasteiger partial charge in [0.1, 0.15) is 0 Å². The molecular weight excluding hydrogens is 1750 g/mol. The van der Waals surface area contributed by atoms with Gasteiger partial charge in [-0.05, 0) is 170 Å². The van der Waals surface area contributed by atoms with E-state index in [9.17, 15) is 44.4 Å². The number of unbranched alkanes of at least 4 members (excludes halogenated alkanes) is 7. The third-order valence-electron chi connectivity index (χ3n) is 21.8. The fourth-order valence-electron chi connectivity index (χ4n) is 15.5. The molecule has 0 unspecified atom stereocenters. The minimum Gasteiger partial charge on any atom is -0.378 e. The highest BCUT2D eigenvalue weighted by Gasteiger charge is 2.36. The molecule has 26 nitrogen and oxygen atoms in total. The molecule has 0 saturated heterocycles. The number of fused-ring (bicyclic) bond motifs is 3. The van der Waals surface area contributed by atoms with E-state index in [1.54, 1.807) is 72.8 Å². The lowest BCUT2D eigenvalue weighted by Gasteiger charge is -2.35. The predicted octanol–water partition coefficient (Wildman–Crippen LogP) is 12.7. The molecule has 672 valence electrons. The molecule has 3 heterocycles. The molecular formula is C87H118Cl6N10O16S3. The van der Waals surface area contributed by atoms with Gasteiger partial charge in [-0.2, -0.15) is 0 Å². The van der Waals surface area contributed by atoms with Crippen molar-refractivity contribution in [2.24, 2.45) is 0 Å². The van der Waals surface area contributed by atoms with E-state index in [0.29, 0.717) is 75.8 Å². The van der Waals surface area contributed by atoms with E-state index in [1.165, 1.54) is 6.42 Å².